The number of halogens is 1. The Balaban J connectivity index is 1.97. The third-order valence-electron chi connectivity index (χ3n) is 5.17. The van der Waals surface area contributed by atoms with Crippen LogP contribution in [0.2, 0.25) is 0 Å². The number of fused-ring (bicyclic) bond motifs is 1. The summed E-state index contributed by atoms with van der Waals surface area (Å²) in [4.78, 5) is 0. The molecule has 4 rings (SSSR count). The summed E-state index contributed by atoms with van der Waals surface area (Å²) in [5.41, 5.74) is 1.20. The van der Waals surface area contributed by atoms with Gasteiger partial charge in [-0.1, -0.05) is 12.2 Å². The predicted octanol–water partition coefficient (Wildman–Crippen LogP) is 2.97. The van der Waals surface area contributed by atoms with Crippen LogP contribution in [0.4, 0.5) is 0 Å². The molecule has 3 fully saturated rings. The van der Waals surface area contributed by atoms with E-state index in [4.69, 9.17) is 11.6 Å². The zero-order valence-electron chi connectivity index (χ0n) is 7.09. The first-order valence-corrected chi connectivity index (χ1v) is 5.56. The van der Waals surface area contributed by atoms with Gasteiger partial charge in [-0.05, 0) is 42.9 Å². The van der Waals surface area contributed by atoms with Crippen LogP contribution in [0.3, 0.4) is 0 Å². The smallest absolute Gasteiger partial charge is 0.0495 e. The van der Waals surface area contributed by atoms with Gasteiger partial charge < -0.3 is 0 Å². The summed E-state index contributed by atoms with van der Waals surface area (Å²) in [6, 6.07) is 0. The molecule has 3 saturated carbocycles. The van der Waals surface area contributed by atoms with Crippen LogP contribution in [-0.2, 0) is 0 Å². The Kier molecular flexibility index (Phi) is 0.820. The topological polar surface area (TPSA) is 0 Å². The molecule has 2 bridgehead atoms. The second kappa shape index (κ2) is 1.52. The Labute approximate surface area is 78.0 Å². The Morgan fingerprint density at radius 1 is 1.33 bits per heavy atom. The Hall–Kier alpha value is 0.0300. The molecule has 12 heavy (non-hydrogen) atoms. The summed E-state index contributed by atoms with van der Waals surface area (Å²) in [5, 5.41) is 0.463. The molecular formula is C11H13Cl. The van der Waals surface area contributed by atoms with Gasteiger partial charge in [0, 0.05) is 10.8 Å². The van der Waals surface area contributed by atoms with Crippen LogP contribution in [0.1, 0.15) is 25.7 Å². The van der Waals surface area contributed by atoms with Gasteiger partial charge in [0.15, 0.2) is 0 Å². The van der Waals surface area contributed by atoms with Gasteiger partial charge in [-0.15, -0.1) is 11.6 Å². The van der Waals surface area contributed by atoms with E-state index in [0.29, 0.717) is 10.8 Å². The van der Waals surface area contributed by atoms with Crippen molar-refractivity contribution >= 4 is 11.6 Å². The molecule has 2 spiro atoms. The van der Waals surface area contributed by atoms with E-state index in [1.165, 1.54) is 25.7 Å². The van der Waals surface area contributed by atoms with E-state index in [-0.39, 0.29) is 0 Å². The molecule has 0 saturated heterocycles. The van der Waals surface area contributed by atoms with Gasteiger partial charge in [-0.2, -0.15) is 0 Å². The van der Waals surface area contributed by atoms with Gasteiger partial charge in [0.25, 0.3) is 0 Å². The molecule has 5 atom stereocenters. The molecule has 0 aliphatic heterocycles. The van der Waals surface area contributed by atoms with Crippen molar-refractivity contribution in [3.63, 3.8) is 0 Å². The molecule has 64 valence electrons. The fraction of sp³-hybridized carbons (Fsp3) is 0.818. The number of hydrogen-bond acceptors (Lipinski definition) is 0. The standard InChI is InChI=1S/C11H13Cl/c12-9-7-1-3-10(9)4-2-8-6-11(8,10)5-7/h1,3,7-9H,2,4-6H2. The normalized spacial score (nSPS) is 69.9. The third-order valence-corrected chi connectivity index (χ3v) is 5.89. The Morgan fingerprint density at radius 3 is 2.92 bits per heavy atom. The van der Waals surface area contributed by atoms with E-state index in [0.717, 1.165) is 17.3 Å². The summed E-state index contributed by atoms with van der Waals surface area (Å²) in [6.45, 7) is 0. The van der Waals surface area contributed by atoms with Crippen molar-refractivity contribution in [3.8, 4) is 0 Å². The maximum absolute atomic E-state index is 6.52. The van der Waals surface area contributed by atoms with E-state index in [1.807, 2.05) is 0 Å². The van der Waals surface area contributed by atoms with Crippen molar-refractivity contribution in [1.82, 2.24) is 0 Å². The fourth-order valence-corrected chi connectivity index (χ4v) is 5.12. The van der Waals surface area contributed by atoms with E-state index < -0.39 is 0 Å². The maximum atomic E-state index is 6.52. The number of allylic oxidation sites excluding steroid dienone is 2. The SMILES string of the molecule is ClC1C2C=CC13CCC1CC13C2. The summed E-state index contributed by atoms with van der Waals surface area (Å²) in [5.74, 6) is 1.80. The van der Waals surface area contributed by atoms with Crippen molar-refractivity contribution in [1.29, 1.82) is 0 Å². The number of hydrogen-bond donors (Lipinski definition) is 0. The second-order valence-electron chi connectivity index (χ2n) is 5.27. The first kappa shape index (κ1) is 6.48. The lowest BCUT2D eigenvalue weighted by Gasteiger charge is -2.30. The van der Waals surface area contributed by atoms with Crippen LogP contribution in [-0.4, -0.2) is 5.38 Å². The Morgan fingerprint density at radius 2 is 2.25 bits per heavy atom. The van der Waals surface area contributed by atoms with E-state index in [9.17, 15) is 0 Å². The average molecular weight is 181 g/mol. The van der Waals surface area contributed by atoms with Crippen molar-refractivity contribution in [2.45, 2.75) is 31.1 Å². The van der Waals surface area contributed by atoms with E-state index in [2.05, 4.69) is 12.2 Å². The number of rotatable bonds is 0. The van der Waals surface area contributed by atoms with Crippen LogP contribution in [0.15, 0.2) is 12.2 Å². The molecule has 1 heteroatoms. The van der Waals surface area contributed by atoms with Crippen LogP contribution in [0.25, 0.3) is 0 Å². The van der Waals surface area contributed by atoms with Crippen molar-refractivity contribution < 1.29 is 0 Å². The molecule has 0 heterocycles. The van der Waals surface area contributed by atoms with Crippen LogP contribution in [0, 0.1) is 22.7 Å². The minimum absolute atomic E-state index is 0.463. The van der Waals surface area contributed by atoms with Crippen molar-refractivity contribution in [2.24, 2.45) is 22.7 Å². The highest BCUT2D eigenvalue weighted by Crippen LogP contribution is 2.83. The zero-order chi connectivity index (χ0) is 7.97. The second-order valence-corrected chi connectivity index (χ2v) is 5.74. The quantitative estimate of drug-likeness (QED) is 0.397. The summed E-state index contributed by atoms with van der Waals surface area (Å²) >= 11 is 6.52. The summed E-state index contributed by atoms with van der Waals surface area (Å²) in [7, 11) is 0. The molecule has 0 nitrogen and oxygen atoms in total. The molecule has 4 aliphatic carbocycles. The van der Waals surface area contributed by atoms with Gasteiger partial charge in [0.2, 0.25) is 0 Å². The highest BCUT2D eigenvalue weighted by Gasteiger charge is 2.77. The van der Waals surface area contributed by atoms with E-state index in [1.54, 1.807) is 0 Å². The lowest BCUT2D eigenvalue weighted by Crippen LogP contribution is -2.27. The van der Waals surface area contributed by atoms with Crippen LogP contribution >= 0.6 is 11.6 Å². The predicted molar refractivity (Wildman–Crippen MR) is 49.1 cm³/mol. The first-order chi connectivity index (χ1) is 5.79. The summed E-state index contributed by atoms with van der Waals surface area (Å²) in [6.07, 6.45) is 10.6. The molecule has 0 aromatic rings. The molecular weight excluding hydrogens is 168 g/mol. The largest absolute Gasteiger partial charge is 0.121 e. The lowest BCUT2D eigenvalue weighted by molar-refractivity contribution is 0.276. The number of alkyl halides is 1. The lowest BCUT2D eigenvalue weighted by atomic mass is 9.76. The fourth-order valence-electron chi connectivity index (χ4n) is 4.55. The highest BCUT2D eigenvalue weighted by atomic mass is 35.5. The van der Waals surface area contributed by atoms with Crippen LogP contribution in [0.5, 0.6) is 0 Å². The minimum Gasteiger partial charge on any atom is -0.121 e. The van der Waals surface area contributed by atoms with E-state index >= 15 is 0 Å². The minimum atomic E-state index is 0.463. The van der Waals surface area contributed by atoms with Gasteiger partial charge in [-0.25, -0.2) is 0 Å². The molecule has 0 aromatic heterocycles. The third kappa shape index (κ3) is 0.403. The van der Waals surface area contributed by atoms with Gasteiger partial charge in [0.1, 0.15) is 0 Å². The average Bonchev–Trinajstić information content (AvgIpc) is 2.45. The van der Waals surface area contributed by atoms with Crippen LogP contribution < -0.4 is 0 Å². The molecule has 0 aromatic carbocycles. The van der Waals surface area contributed by atoms with Gasteiger partial charge >= 0.3 is 0 Å². The Bertz CT molecular complexity index is 295. The molecule has 0 amide bonds. The zero-order valence-corrected chi connectivity index (χ0v) is 7.85. The van der Waals surface area contributed by atoms with Gasteiger partial charge in [-0.3, -0.25) is 0 Å². The van der Waals surface area contributed by atoms with Crippen molar-refractivity contribution in [2.75, 3.05) is 0 Å². The van der Waals surface area contributed by atoms with Gasteiger partial charge in [0.05, 0.1) is 0 Å². The monoisotopic (exact) mass is 180 g/mol. The molecule has 4 aliphatic rings. The molecule has 0 radical (unpaired) electrons. The molecule has 0 N–H and O–H groups in total. The van der Waals surface area contributed by atoms with Crippen molar-refractivity contribution in [3.05, 3.63) is 12.2 Å². The maximum Gasteiger partial charge on any atom is 0.0495 e. The molecule has 5 unspecified atom stereocenters. The highest BCUT2D eigenvalue weighted by molar-refractivity contribution is 6.22. The summed E-state index contributed by atoms with van der Waals surface area (Å²) < 4.78 is 0. The first-order valence-electron chi connectivity index (χ1n) is 5.12.